The van der Waals surface area contributed by atoms with Crippen molar-refractivity contribution in [3.63, 3.8) is 0 Å². The molecule has 0 amide bonds. The molecule has 218 valence electrons. The Morgan fingerprint density at radius 2 is 1.90 bits per heavy atom. The summed E-state index contributed by atoms with van der Waals surface area (Å²) in [5, 5.41) is 11.4. The standard InChI is InChI=1S/C27H31ClFN7O4S/c1-4-5-23(37)40-15-14-36(3)13-12-30-26-24-17(2)33-34-27(24)32-25(31-26)18-6-9-20(10-7-18)35-41(38,39)22-16-19(28)8-11-21(22)29/h6-11,16,35H,4-5,12-15H2,1-3H3,(H2,30,31,32,33,34). The summed E-state index contributed by atoms with van der Waals surface area (Å²) in [5.74, 6) is -0.0992. The van der Waals surface area contributed by atoms with E-state index in [2.05, 4.69) is 25.2 Å². The highest BCUT2D eigenvalue weighted by Crippen LogP contribution is 2.28. The third-order valence-corrected chi connectivity index (χ3v) is 7.79. The Bertz CT molecular complexity index is 1630. The first-order chi connectivity index (χ1) is 19.6. The van der Waals surface area contributed by atoms with Crippen LogP contribution in [0.4, 0.5) is 15.9 Å². The van der Waals surface area contributed by atoms with E-state index >= 15 is 0 Å². The van der Waals surface area contributed by atoms with Crippen molar-refractivity contribution in [1.29, 1.82) is 0 Å². The molecule has 2 aromatic heterocycles. The van der Waals surface area contributed by atoms with Crippen LogP contribution in [0.1, 0.15) is 25.5 Å². The van der Waals surface area contributed by atoms with Gasteiger partial charge in [0, 0.05) is 42.3 Å². The average molecular weight is 604 g/mol. The minimum Gasteiger partial charge on any atom is -0.464 e. The molecule has 2 aromatic carbocycles. The number of anilines is 2. The van der Waals surface area contributed by atoms with Crippen LogP contribution >= 0.6 is 11.6 Å². The molecular formula is C27H31ClFN7O4S. The van der Waals surface area contributed by atoms with E-state index in [1.165, 1.54) is 18.2 Å². The molecule has 0 aliphatic rings. The number of nitrogens with zero attached hydrogens (tertiary/aromatic N) is 4. The van der Waals surface area contributed by atoms with Gasteiger partial charge in [-0.3, -0.25) is 14.6 Å². The van der Waals surface area contributed by atoms with Gasteiger partial charge >= 0.3 is 5.97 Å². The second kappa shape index (κ2) is 13.2. The Hall–Kier alpha value is -3.81. The molecule has 2 heterocycles. The Balaban J connectivity index is 1.45. The highest BCUT2D eigenvalue weighted by Gasteiger charge is 2.20. The van der Waals surface area contributed by atoms with Crippen LogP contribution in [-0.2, 0) is 19.6 Å². The van der Waals surface area contributed by atoms with Crippen LogP contribution in [0.25, 0.3) is 22.4 Å². The number of aryl methyl sites for hydroxylation is 1. The van der Waals surface area contributed by atoms with Crippen LogP contribution in [0.2, 0.25) is 5.02 Å². The molecule has 0 saturated heterocycles. The topological polar surface area (TPSA) is 142 Å². The normalized spacial score (nSPS) is 11.7. The predicted octanol–water partition coefficient (Wildman–Crippen LogP) is 4.61. The molecule has 0 saturated carbocycles. The number of aromatic amines is 1. The number of nitrogens with one attached hydrogen (secondary N) is 3. The largest absolute Gasteiger partial charge is 0.464 e. The minimum absolute atomic E-state index is 0.104. The number of rotatable bonds is 13. The van der Waals surface area contributed by atoms with Crippen molar-refractivity contribution < 1.29 is 22.3 Å². The van der Waals surface area contributed by atoms with Gasteiger partial charge in [-0.15, -0.1) is 0 Å². The summed E-state index contributed by atoms with van der Waals surface area (Å²) in [7, 11) is -2.26. The summed E-state index contributed by atoms with van der Waals surface area (Å²) in [6.07, 6.45) is 1.18. The summed E-state index contributed by atoms with van der Waals surface area (Å²) in [6, 6.07) is 9.73. The Labute approximate surface area is 242 Å². The fourth-order valence-corrected chi connectivity index (χ4v) is 5.38. The number of benzene rings is 2. The van der Waals surface area contributed by atoms with Crippen molar-refractivity contribution in [2.75, 3.05) is 43.3 Å². The van der Waals surface area contributed by atoms with Gasteiger partial charge in [-0.25, -0.2) is 22.8 Å². The maximum Gasteiger partial charge on any atom is 0.305 e. The highest BCUT2D eigenvalue weighted by molar-refractivity contribution is 7.92. The molecule has 4 rings (SSSR count). The molecule has 0 fully saturated rings. The molecule has 0 unspecified atom stereocenters. The molecule has 14 heteroatoms. The number of halogens is 2. The van der Waals surface area contributed by atoms with Crippen molar-refractivity contribution in [2.45, 2.75) is 31.6 Å². The predicted molar refractivity (Wildman–Crippen MR) is 156 cm³/mol. The van der Waals surface area contributed by atoms with Gasteiger partial charge in [0.25, 0.3) is 10.0 Å². The Kier molecular flexibility index (Phi) is 9.73. The van der Waals surface area contributed by atoms with Crippen LogP contribution in [0.3, 0.4) is 0 Å². The van der Waals surface area contributed by atoms with Gasteiger partial charge in [0.1, 0.15) is 23.1 Å². The summed E-state index contributed by atoms with van der Waals surface area (Å²) in [4.78, 5) is 22.3. The fraction of sp³-hybridized carbons (Fsp3) is 0.333. The third kappa shape index (κ3) is 7.69. The number of H-pyrrole nitrogens is 1. The Morgan fingerprint density at radius 3 is 2.63 bits per heavy atom. The number of fused-ring (bicyclic) bond motifs is 1. The molecule has 0 radical (unpaired) electrons. The smallest absolute Gasteiger partial charge is 0.305 e. The molecule has 0 bridgehead atoms. The quantitative estimate of drug-likeness (QED) is 0.187. The van der Waals surface area contributed by atoms with Crippen LogP contribution in [0.5, 0.6) is 0 Å². The molecule has 0 spiro atoms. The molecule has 0 aliphatic heterocycles. The number of sulfonamides is 1. The second-order valence-electron chi connectivity index (χ2n) is 9.39. The lowest BCUT2D eigenvalue weighted by Gasteiger charge is -2.17. The molecule has 11 nitrogen and oxygen atoms in total. The zero-order valence-electron chi connectivity index (χ0n) is 22.9. The number of hydrogen-bond acceptors (Lipinski definition) is 9. The second-order valence-corrected chi connectivity index (χ2v) is 11.5. The zero-order chi connectivity index (χ0) is 29.6. The van der Waals surface area contributed by atoms with Crippen LogP contribution in [0.15, 0.2) is 47.4 Å². The maximum absolute atomic E-state index is 14.1. The number of esters is 1. The number of likely N-dealkylation sites (N-methyl/N-ethyl adjacent to an activating group) is 1. The van der Waals surface area contributed by atoms with Gasteiger partial charge < -0.3 is 15.0 Å². The minimum atomic E-state index is -4.20. The van der Waals surface area contributed by atoms with E-state index in [1.54, 1.807) is 12.1 Å². The van der Waals surface area contributed by atoms with Gasteiger partial charge in [0.05, 0.1) is 11.1 Å². The van der Waals surface area contributed by atoms with Crippen LogP contribution in [-0.4, -0.2) is 72.7 Å². The first-order valence-corrected chi connectivity index (χ1v) is 14.8. The van der Waals surface area contributed by atoms with Crippen molar-refractivity contribution in [3.8, 4) is 11.4 Å². The zero-order valence-corrected chi connectivity index (χ0v) is 24.4. The van der Waals surface area contributed by atoms with Crippen molar-refractivity contribution in [3.05, 3.63) is 59.0 Å². The molecule has 4 aromatic rings. The van der Waals surface area contributed by atoms with Crippen molar-refractivity contribution in [2.24, 2.45) is 0 Å². The number of carbonyl (C=O) groups is 1. The van der Waals surface area contributed by atoms with Gasteiger partial charge in [0.15, 0.2) is 11.5 Å². The third-order valence-electron chi connectivity index (χ3n) is 6.15. The first-order valence-electron chi connectivity index (χ1n) is 13.0. The van der Waals surface area contributed by atoms with Gasteiger partial charge in [-0.05, 0) is 62.9 Å². The van der Waals surface area contributed by atoms with Gasteiger partial charge in [-0.1, -0.05) is 18.5 Å². The van der Waals surface area contributed by atoms with Gasteiger partial charge in [-0.2, -0.15) is 5.10 Å². The molecular weight excluding hydrogens is 573 g/mol. The number of ether oxygens (including phenoxy) is 1. The summed E-state index contributed by atoms with van der Waals surface area (Å²) >= 11 is 5.85. The van der Waals surface area contributed by atoms with Crippen LogP contribution in [0, 0.1) is 12.7 Å². The van der Waals surface area contributed by atoms with E-state index in [9.17, 15) is 17.6 Å². The van der Waals surface area contributed by atoms with E-state index in [0.717, 1.165) is 29.6 Å². The van der Waals surface area contributed by atoms with Gasteiger partial charge in [0.2, 0.25) is 0 Å². The van der Waals surface area contributed by atoms with E-state index in [0.29, 0.717) is 55.5 Å². The SMILES string of the molecule is CCCC(=O)OCCN(C)CCNc1nc(-c2ccc(NS(=O)(=O)c3cc(Cl)ccc3F)cc2)nc2[nH]nc(C)c12. The van der Waals surface area contributed by atoms with E-state index in [4.69, 9.17) is 21.3 Å². The monoisotopic (exact) mass is 603 g/mol. The van der Waals surface area contributed by atoms with E-state index < -0.39 is 20.7 Å². The van der Waals surface area contributed by atoms with Crippen molar-refractivity contribution >= 4 is 50.1 Å². The number of carbonyl (C=O) groups excluding carboxylic acids is 1. The molecule has 3 N–H and O–H groups in total. The molecule has 0 atom stereocenters. The van der Waals surface area contributed by atoms with Crippen molar-refractivity contribution in [1.82, 2.24) is 25.1 Å². The van der Waals surface area contributed by atoms with E-state index in [-0.39, 0.29) is 16.7 Å². The summed E-state index contributed by atoms with van der Waals surface area (Å²) < 4.78 is 47.1. The fourth-order valence-electron chi connectivity index (χ4n) is 3.98. The lowest BCUT2D eigenvalue weighted by Crippen LogP contribution is -2.29. The lowest BCUT2D eigenvalue weighted by molar-refractivity contribution is -0.144. The first kappa shape index (κ1) is 30.2. The summed E-state index contributed by atoms with van der Waals surface area (Å²) in [5.41, 5.74) is 2.15. The number of hydrogen-bond donors (Lipinski definition) is 3. The average Bonchev–Trinajstić information content (AvgIpc) is 3.31. The summed E-state index contributed by atoms with van der Waals surface area (Å²) in [6.45, 7) is 5.96. The van der Waals surface area contributed by atoms with Crippen LogP contribution < -0.4 is 10.0 Å². The van der Waals surface area contributed by atoms with E-state index in [1.807, 2.05) is 25.8 Å². The highest BCUT2D eigenvalue weighted by atomic mass is 35.5. The lowest BCUT2D eigenvalue weighted by atomic mass is 10.2. The Morgan fingerprint density at radius 1 is 1.15 bits per heavy atom. The number of aromatic nitrogens is 4. The maximum atomic E-state index is 14.1. The molecule has 0 aliphatic carbocycles. The molecule has 41 heavy (non-hydrogen) atoms.